The van der Waals surface area contributed by atoms with Crippen molar-refractivity contribution in [1.29, 1.82) is 0 Å². The van der Waals surface area contributed by atoms with Crippen molar-refractivity contribution in [3.05, 3.63) is 24.3 Å². The van der Waals surface area contributed by atoms with Gasteiger partial charge in [-0.25, -0.2) is 4.68 Å². The van der Waals surface area contributed by atoms with Crippen molar-refractivity contribution in [2.75, 3.05) is 26.3 Å². The van der Waals surface area contributed by atoms with E-state index in [1.54, 1.807) is 4.68 Å². The Hall–Kier alpha value is -1.99. The molecule has 1 unspecified atom stereocenters. The zero-order valence-electron chi connectivity index (χ0n) is 12.9. The van der Waals surface area contributed by atoms with Gasteiger partial charge in [-0.15, -0.1) is 5.10 Å². The molecule has 0 radical (unpaired) electrons. The van der Waals surface area contributed by atoms with E-state index in [1.807, 2.05) is 29.2 Å². The molecule has 1 amide bonds. The molecule has 0 saturated carbocycles. The number of likely N-dealkylation sites (tertiary alicyclic amines) is 1. The minimum Gasteiger partial charge on any atom is -0.350 e. The minimum absolute atomic E-state index is 0.0725. The molecule has 2 saturated heterocycles. The van der Waals surface area contributed by atoms with Crippen molar-refractivity contribution in [2.45, 2.75) is 25.7 Å². The van der Waals surface area contributed by atoms with Gasteiger partial charge in [-0.2, -0.15) is 0 Å². The van der Waals surface area contributed by atoms with E-state index in [2.05, 4.69) is 10.3 Å². The lowest BCUT2D eigenvalue weighted by Crippen LogP contribution is -2.45. The molecule has 0 bridgehead atoms. The van der Waals surface area contributed by atoms with Crippen LogP contribution in [0, 0.1) is 5.92 Å². The predicted octanol–water partition coefficient (Wildman–Crippen LogP) is 1.04. The number of para-hydroxylation sites is 1. The molecule has 2 aliphatic heterocycles. The van der Waals surface area contributed by atoms with Gasteiger partial charge in [0.2, 0.25) is 5.91 Å². The summed E-state index contributed by atoms with van der Waals surface area (Å²) in [6, 6.07) is 7.68. The van der Waals surface area contributed by atoms with E-state index in [9.17, 15) is 4.79 Å². The number of fused-ring (bicyclic) bond motifs is 1. The van der Waals surface area contributed by atoms with E-state index < -0.39 is 0 Å². The summed E-state index contributed by atoms with van der Waals surface area (Å²) in [6.45, 7) is 3.00. The third kappa shape index (κ3) is 2.94. The highest BCUT2D eigenvalue weighted by Crippen LogP contribution is 2.25. The van der Waals surface area contributed by atoms with Gasteiger partial charge >= 0.3 is 0 Å². The Morgan fingerprint density at radius 1 is 1.26 bits per heavy atom. The summed E-state index contributed by atoms with van der Waals surface area (Å²) < 4.78 is 12.9. The minimum atomic E-state index is -0.155. The lowest BCUT2D eigenvalue weighted by Gasteiger charge is -2.34. The SMILES string of the molecule is O=C(Cn1nnc2ccccc21)N1CCCC(C2OCCO2)C1. The van der Waals surface area contributed by atoms with E-state index in [-0.39, 0.29) is 24.7 Å². The lowest BCUT2D eigenvalue weighted by molar-refractivity contribution is -0.140. The zero-order valence-corrected chi connectivity index (χ0v) is 12.9. The van der Waals surface area contributed by atoms with Crippen LogP contribution in [0.4, 0.5) is 0 Å². The number of piperidine rings is 1. The number of hydrogen-bond donors (Lipinski definition) is 0. The monoisotopic (exact) mass is 316 g/mol. The summed E-state index contributed by atoms with van der Waals surface area (Å²) >= 11 is 0. The van der Waals surface area contributed by atoms with Gasteiger partial charge in [-0.1, -0.05) is 17.3 Å². The quantitative estimate of drug-likeness (QED) is 0.846. The van der Waals surface area contributed by atoms with Crippen LogP contribution in [0.1, 0.15) is 12.8 Å². The highest BCUT2D eigenvalue weighted by molar-refractivity contribution is 5.79. The molecular weight excluding hydrogens is 296 g/mol. The number of nitrogens with zero attached hydrogens (tertiary/aromatic N) is 4. The van der Waals surface area contributed by atoms with E-state index >= 15 is 0 Å². The molecule has 0 spiro atoms. The molecule has 0 N–H and O–H groups in total. The van der Waals surface area contributed by atoms with E-state index in [0.717, 1.165) is 30.4 Å². The molecule has 7 heteroatoms. The fourth-order valence-corrected chi connectivity index (χ4v) is 3.37. The van der Waals surface area contributed by atoms with Crippen LogP contribution in [0.5, 0.6) is 0 Å². The van der Waals surface area contributed by atoms with Crippen molar-refractivity contribution in [3.8, 4) is 0 Å². The average Bonchev–Trinajstić information content (AvgIpc) is 3.25. The Morgan fingerprint density at radius 2 is 2.09 bits per heavy atom. The van der Waals surface area contributed by atoms with E-state index in [4.69, 9.17) is 9.47 Å². The average molecular weight is 316 g/mol. The topological polar surface area (TPSA) is 69.5 Å². The second kappa shape index (κ2) is 6.25. The number of benzene rings is 1. The van der Waals surface area contributed by atoms with Crippen LogP contribution >= 0.6 is 0 Å². The third-order valence-corrected chi connectivity index (χ3v) is 4.55. The number of amides is 1. The van der Waals surface area contributed by atoms with Crippen LogP contribution in [0.2, 0.25) is 0 Å². The van der Waals surface area contributed by atoms with Crippen LogP contribution in [0.15, 0.2) is 24.3 Å². The first-order valence-corrected chi connectivity index (χ1v) is 8.10. The molecule has 4 rings (SSSR count). The van der Waals surface area contributed by atoms with Gasteiger partial charge in [0.1, 0.15) is 12.1 Å². The van der Waals surface area contributed by atoms with Gasteiger partial charge in [-0.05, 0) is 25.0 Å². The highest BCUT2D eigenvalue weighted by Gasteiger charge is 2.32. The van der Waals surface area contributed by atoms with Gasteiger partial charge in [0.25, 0.3) is 0 Å². The molecule has 1 atom stereocenters. The number of aromatic nitrogens is 3. The number of hydrogen-bond acceptors (Lipinski definition) is 5. The standard InChI is InChI=1S/C16H20N4O3/c21-15(11-20-14-6-2-1-5-13(14)17-18-20)19-7-3-4-12(10-19)16-22-8-9-23-16/h1-2,5-6,12,16H,3-4,7-11H2. The molecule has 122 valence electrons. The summed E-state index contributed by atoms with van der Waals surface area (Å²) in [7, 11) is 0. The fraction of sp³-hybridized carbons (Fsp3) is 0.562. The molecule has 2 fully saturated rings. The molecule has 3 heterocycles. The molecule has 7 nitrogen and oxygen atoms in total. The Bertz CT molecular complexity index is 695. The third-order valence-electron chi connectivity index (χ3n) is 4.55. The maximum Gasteiger partial charge on any atom is 0.244 e. The molecular formula is C16H20N4O3. The van der Waals surface area contributed by atoms with Crippen LogP contribution in [0.3, 0.4) is 0 Å². The highest BCUT2D eigenvalue weighted by atomic mass is 16.7. The molecule has 0 aliphatic carbocycles. The zero-order chi connectivity index (χ0) is 15.6. The fourth-order valence-electron chi connectivity index (χ4n) is 3.37. The summed E-state index contributed by atoms with van der Waals surface area (Å²) in [5.74, 6) is 0.339. The van der Waals surface area contributed by atoms with Crippen molar-refractivity contribution < 1.29 is 14.3 Å². The van der Waals surface area contributed by atoms with E-state index in [0.29, 0.717) is 19.8 Å². The smallest absolute Gasteiger partial charge is 0.244 e. The van der Waals surface area contributed by atoms with Crippen LogP contribution in [-0.4, -0.2) is 58.4 Å². The second-order valence-electron chi connectivity index (χ2n) is 6.09. The Balaban J connectivity index is 1.44. The van der Waals surface area contributed by atoms with Crippen molar-refractivity contribution >= 4 is 16.9 Å². The van der Waals surface area contributed by atoms with Gasteiger partial charge in [0.05, 0.1) is 18.7 Å². The molecule has 23 heavy (non-hydrogen) atoms. The molecule has 2 aromatic rings. The van der Waals surface area contributed by atoms with E-state index in [1.165, 1.54) is 0 Å². The van der Waals surface area contributed by atoms with Gasteiger partial charge < -0.3 is 14.4 Å². The Labute approximate surface area is 134 Å². The Morgan fingerprint density at radius 3 is 2.96 bits per heavy atom. The van der Waals surface area contributed by atoms with Crippen LogP contribution < -0.4 is 0 Å². The maximum absolute atomic E-state index is 12.6. The summed E-state index contributed by atoms with van der Waals surface area (Å²) in [5, 5.41) is 8.19. The number of ether oxygens (including phenoxy) is 2. The maximum atomic E-state index is 12.6. The first-order chi connectivity index (χ1) is 11.3. The molecule has 2 aliphatic rings. The first-order valence-electron chi connectivity index (χ1n) is 8.10. The van der Waals surface area contributed by atoms with Gasteiger partial charge in [-0.3, -0.25) is 4.79 Å². The largest absolute Gasteiger partial charge is 0.350 e. The molecule has 1 aromatic heterocycles. The van der Waals surface area contributed by atoms with Crippen molar-refractivity contribution in [2.24, 2.45) is 5.92 Å². The Kier molecular flexibility index (Phi) is 3.97. The van der Waals surface area contributed by atoms with Gasteiger partial charge in [0.15, 0.2) is 6.29 Å². The van der Waals surface area contributed by atoms with Crippen molar-refractivity contribution in [1.82, 2.24) is 19.9 Å². The normalized spacial score (nSPS) is 22.8. The number of rotatable bonds is 3. The summed E-state index contributed by atoms with van der Waals surface area (Å²) in [4.78, 5) is 14.5. The van der Waals surface area contributed by atoms with Crippen LogP contribution in [-0.2, 0) is 20.8 Å². The lowest BCUT2D eigenvalue weighted by atomic mass is 9.97. The predicted molar refractivity (Wildman–Crippen MR) is 82.5 cm³/mol. The second-order valence-corrected chi connectivity index (χ2v) is 6.09. The van der Waals surface area contributed by atoms with Crippen molar-refractivity contribution in [3.63, 3.8) is 0 Å². The molecule has 1 aromatic carbocycles. The number of carbonyl (C=O) groups is 1. The summed E-state index contributed by atoms with van der Waals surface area (Å²) in [6.07, 6.45) is 1.87. The first kappa shape index (κ1) is 14.6. The van der Waals surface area contributed by atoms with Gasteiger partial charge in [0, 0.05) is 19.0 Å². The number of carbonyl (C=O) groups excluding carboxylic acids is 1. The van der Waals surface area contributed by atoms with Crippen LogP contribution in [0.25, 0.3) is 11.0 Å². The summed E-state index contributed by atoms with van der Waals surface area (Å²) in [5.41, 5.74) is 1.70.